The molecule has 0 saturated carbocycles. The van der Waals surface area contributed by atoms with Gasteiger partial charge in [0.25, 0.3) is 0 Å². The van der Waals surface area contributed by atoms with Crippen molar-refractivity contribution in [2.24, 2.45) is 0 Å². The van der Waals surface area contributed by atoms with E-state index in [1.165, 1.54) is 11.1 Å². The molecule has 0 atom stereocenters. The Labute approximate surface area is 210 Å². The van der Waals surface area contributed by atoms with Crippen LogP contribution in [0.4, 0.5) is 16.3 Å². The third-order valence-corrected chi connectivity index (χ3v) is 6.54. The van der Waals surface area contributed by atoms with Crippen LogP contribution in [0.25, 0.3) is 0 Å². The van der Waals surface area contributed by atoms with Crippen molar-refractivity contribution in [3.05, 3.63) is 81.2 Å². The first-order chi connectivity index (χ1) is 16.4. The van der Waals surface area contributed by atoms with E-state index in [4.69, 9.17) is 33.2 Å². The number of hydrogen-bond acceptors (Lipinski definition) is 4. The number of amides is 2. The number of aryl methyl sites for hydroxylation is 2. The van der Waals surface area contributed by atoms with Crippen molar-refractivity contribution in [3.8, 4) is 0 Å². The van der Waals surface area contributed by atoms with Gasteiger partial charge >= 0.3 is 6.03 Å². The number of carbonyl (C=O) groups is 1. The van der Waals surface area contributed by atoms with E-state index < -0.39 is 0 Å². The first-order valence-corrected chi connectivity index (χ1v) is 12.4. The van der Waals surface area contributed by atoms with E-state index in [9.17, 15) is 4.79 Å². The lowest BCUT2D eigenvalue weighted by Gasteiger charge is -2.26. The Kier molecular flexibility index (Phi) is 7.91. The molecule has 0 aliphatic carbocycles. The van der Waals surface area contributed by atoms with Crippen molar-refractivity contribution in [2.75, 3.05) is 36.4 Å². The number of nitrogens with zero attached hydrogens (tertiary/aromatic N) is 4. The summed E-state index contributed by atoms with van der Waals surface area (Å²) in [6.07, 6.45) is 2.48. The summed E-state index contributed by atoms with van der Waals surface area (Å²) in [6, 6.07) is 15.3. The summed E-state index contributed by atoms with van der Waals surface area (Å²) >= 11 is 12.2. The van der Waals surface area contributed by atoms with Crippen molar-refractivity contribution in [1.29, 1.82) is 0 Å². The van der Waals surface area contributed by atoms with Gasteiger partial charge in [-0.25, -0.2) is 14.8 Å². The molecule has 1 aliphatic rings. The standard InChI is InChI=1S/C26H29Cl2N5O/c1-3-23-21(16-19-8-5-4-6-9-19)25(30-18(2)29-23)32-12-7-13-33(15-14-32)26(34)31-24-11-10-20(27)17-22(24)28/h4-6,8-11,17H,3,7,12-16H2,1-2H3,(H,31,34). The molecule has 0 spiro atoms. The van der Waals surface area contributed by atoms with Crippen LogP contribution in [0.1, 0.15) is 36.0 Å². The Morgan fingerprint density at radius 1 is 1.03 bits per heavy atom. The minimum atomic E-state index is -0.163. The molecule has 0 unspecified atom stereocenters. The van der Waals surface area contributed by atoms with Gasteiger partial charge in [-0.15, -0.1) is 0 Å². The van der Waals surface area contributed by atoms with E-state index in [2.05, 4.69) is 41.4 Å². The molecule has 1 fully saturated rings. The number of nitrogens with one attached hydrogen (secondary N) is 1. The molecule has 1 N–H and O–H groups in total. The molecule has 178 valence electrons. The molecule has 2 heterocycles. The maximum Gasteiger partial charge on any atom is 0.321 e. The van der Waals surface area contributed by atoms with E-state index in [0.717, 1.165) is 43.1 Å². The van der Waals surface area contributed by atoms with Crippen LogP contribution < -0.4 is 10.2 Å². The Bertz CT molecular complexity index is 1160. The van der Waals surface area contributed by atoms with Gasteiger partial charge in [0.15, 0.2) is 0 Å². The maximum atomic E-state index is 12.9. The topological polar surface area (TPSA) is 61.4 Å². The van der Waals surface area contributed by atoms with Crippen LogP contribution in [0.2, 0.25) is 10.0 Å². The molecule has 2 aromatic carbocycles. The van der Waals surface area contributed by atoms with Crippen LogP contribution >= 0.6 is 23.2 Å². The molecule has 1 aliphatic heterocycles. The third-order valence-electron chi connectivity index (χ3n) is 6.00. The summed E-state index contributed by atoms with van der Waals surface area (Å²) in [7, 11) is 0. The minimum Gasteiger partial charge on any atom is -0.354 e. The van der Waals surface area contributed by atoms with Crippen LogP contribution in [0.5, 0.6) is 0 Å². The summed E-state index contributed by atoms with van der Waals surface area (Å²) in [5, 5.41) is 3.87. The molecule has 3 aromatic rings. The van der Waals surface area contributed by atoms with Crippen molar-refractivity contribution >= 4 is 40.7 Å². The highest BCUT2D eigenvalue weighted by Gasteiger charge is 2.24. The smallest absolute Gasteiger partial charge is 0.321 e. The van der Waals surface area contributed by atoms with Gasteiger partial charge < -0.3 is 15.1 Å². The summed E-state index contributed by atoms with van der Waals surface area (Å²) in [6.45, 7) is 6.85. The van der Waals surface area contributed by atoms with Gasteiger partial charge in [-0.1, -0.05) is 60.5 Å². The number of urea groups is 1. The normalized spacial score (nSPS) is 14.1. The fourth-order valence-corrected chi connectivity index (χ4v) is 4.75. The molecule has 1 saturated heterocycles. The average Bonchev–Trinajstić information content (AvgIpc) is 3.09. The van der Waals surface area contributed by atoms with Crippen LogP contribution in [0.15, 0.2) is 48.5 Å². The lowest BCUT2D eigenvalue weighted by atomic mass is 10.0. The minimum absolute atomic E-state index is 0.163. The predicted molar refractivity (Wildman–Crippen MR) is 139 cm³/mol. The molecular formula is C26H29Cl2N5O. The number of benzene rings is 2. The SMILES string of the molecule is CCc1nc(C)nc(N2CCCN(C(=O)Nc3ccc(Cl)cc3Cl)CC2)c1Cc1ccccc1. The summed E-state index contributed by atoms with van der Waals surface area (Å²) in [4.78, 5) is 26.7. The first-order valence-electron chi connectivity index (χ1n) is 11.6. The second kappa shape index (κ2) is 11.1. The first kappa shape index (κ1) is 24.3. The molecule has 0 bridgehead atoms. The van der Waals surface area contributed by atoms with Gasteiger partial charge in [-0.2, -0.15) is 0 Å². The Hall–Kier alpha value is -2.83. The number of halogens is 2. The largest absolute Gasteiger partial charge is 0.354 e. The average molecular weight is 498 g/mol. The second-order valence-corrected chi connectivity index (χ2v) is 9.26. The zero-order valence-electron chi connectivity index (χ0n) is 19.5. The monoisotopic (exact) mass is 497 g/mol. The number of carbonyl (C=O) groups excluding carboxylic acids is 1. The van der Waals surface area contributed by atoms with Crippen molar-refractivity contribution in [1.82, 2.24) is 14.9 Å². The fraction of sp³-hybridized carbons (Fsp3) is 0.346. The van der Waals surface area contributed by atoms with Gasteiger partial charge in [0.2, 0.25) is 0 Å². The molecule has 6 nitrogen and oxygen atoms in total. The molecule has 34 heavy (non-hydrogen) atoms. The van der Waals surface area contributed by atoms with Gasteiger partial charge in [-0.3, -0.25) is 0 Å². The number of anilines is 2. The highest BCUT2D eigenvalue weighted by molar-refractivity contribution is 6.36. The molecule has 0 radical (unpaired) electrons. The van der Waals surface area contributed by atoms with E-state index in [-0.39, 0.29) is 6.03 Å². The van der Waals surface area contributed by atoms with E-state index >= 15 is 0 Å². The molecule has 2 amide bonds. The lowest BCUT2D eigenvalue weighted by molar-refractivity contribution is 0.215. The zero-order valence-corrected chi connectivity index (χ0v) is 21.0. The predicted octanol–water partition coefficient (Wildman–Crippen LogP) is 5.99. The second-order valence-electron chi connectivity index (χ2n) is 8.42. The third kappa shape index (κ3) is 5.80. The molecule has 4 rings (SSSR count). The maximum absolute atomic E-state index is 12.9. The highest BCUT2D eigenvalue weighted by Crippen LogP contribution is 2.27. The Morgan fingerprint density at radius 3 is 2.56 bits per heavy atom. The quantitative estimate of drug-likeness (QED) is 0.470. The lowest BCUT2D eigenvalue weighted by Crippen LogP contribution is -2.38. The summed E-state index contributed by atoms with van der Waals surface area (Å²) in [5.74, 6) is 1.76. The summed E-state index contributed by atoms with van der Waals surface area (Å²) in [5.41, 5.74) is 4.05. The van der Waals surface area contributed by atoms with Gasteiger partial charge in [0.05, 0.1) is 10.7 Å². The highest BCUT2D eigenvalue weighted by atomic mass is 35.5. The zero-order chi connectivity index (χ0) is 24.1. The van der Waals surface area contributed by atoms with Gasteiger partial charge in [0.1, 0.15) is 11.6 Å². The van der Waals surface area contributed by atoms with Gasteiger partial charge in [-0.05, 0) is 43.5 Å². The van der Waals surface area contributed by atoms with Crippen molar-refractivity contribution in [2.45, 2.75) is 33.1 Å². The van der Waals surface area contributed by atoms with Crippen molar-refractivity contribution < 1.29 is 4.79 Å². The van der Waals surface area contributed by atoms with Crippen LogP contribution in [-0.2, 0) is 12.8 Å². The van der Waals surface area contributed by atoms with E-state index in [1.807, 2.05) is 17.9 Å². The summed E-state index contributed by atoms with van der Waals surface area (Å²) < 4.78 is 0. The van der Waals surface area contributed by atoms with Crippen LogP contribution in [0.3, 0.4) is 0 Å². The number of rotatable bonds is 5. The number of aromatic nitrogens is 2. The molecule has 1 aromatic heterocycles. The van der Waals surface area contributed by atoms with Crippen molar-refractivity contribution in [3.63, 3.8) is 0 Å². The Balaban J connectivity index is 1.52. The van der Waals surface area contributed by atoms with Crippen LogP contribution in [-0.4, -0.2) is 47.1 Å². The molecular weight excluding hydrogens is 469 g/mol. The molecule has 8 heteroatoms. The Morgan fingerprint density at radius 2 is 1.82 bits per heavy atom. The fourth-order valence-electron chi connectivity index (χ4n) is 4.29. The van der Waals surface area contributed by atoms with E-state index in [0.29, 0.717) is 35.4 Å². The van der Waals surface area contributed by atoms with Crippen LogP contribution in [0, 0.1) is 6.92 Å². The van der Waals surface area contributed by atoms with E-state index in [1.54, 1.807) is 18.2 Å². The number of hydrogen-bond donors (Lipinski definition) is 1. The van der Waals surface area contributed by atoms with Gasteiger partial charge in [0, 0.05) is 48.9 Å².